The average molecular weight is 226 g/mol. The van der Waals surface area contributed by atoms with Crippen LogP contribution in [0.25, 0.3) is 0 Å². The third-order valence-electron chi connectivity index (χ3n) is 3.18. The summed E-state index contributed by atoms with van der Waals surface area (Å²) in [5.74, 6) is 1.43. The van der Waals surface area contributed by atoms with Crippen molar-refractivity contribution in [2.75, 3.05) is 0 Å². The molecule has 0 heterocycles. The predicted octanol–water partition coefficient (Wildman–Crippen LogP) is 4.84. The smallest absolute Gasteiger partial charge is 0.132 e. The molecule has 0 aromatic rings. The van der Waals surface area contributed by atoms with Crippen molar-refractivity contribution in [1.82, 2.24) is 0 Å². The van der Waals surface area contributed by atoms with Crippen LogP contribution in [0.2, 0.25) is 0 Å². The number of carbonyl (C=O) groups excluding carboxylic acids is 1. The molecular formula is C15H30O. The highest BCUT2D eigenvalue weighted by Gasteiger charge is 2.18. The maximum Gasteiger partial charge on any atom is 0.132 e. The second-order valence-electron chi connectivity index (χ2n) is 6.54. The average Bonchev–Trinajstić information content (AvgIpc) is 2.08. The highest BCUT2D eigenvalue weighted by molar-refractivity contribution is 5.78. The Labute approximate surface area is 102 Å². The molecule has 0 aromatic heterocycles. The van der Waals surface area contributed by atoms with E-state index in [1.54, 1.807) is 6.92 Å². The molecule has 0 rings (SSSR count). The molecule has 0 aromatic carbocycles. The van der Waals surface area contributed by atoms with Gasteiger partial charge in [0.05, 0.1) is 0 Å². The minimum atomic E-state index is 0.312. The molecule has 0 aliphatic heterocycles. The summed E-state index contributed by atoms with van der Waals surface area (Å²) < 4.78 is 0. The van der Waals surface area contributed by atoms with Crippen molar-refractivity contribution in [1.29, 1.82) is 0 Å². The molecule has 96 valence electrons. The van der Waals surface area contributed by atoms with Crippen LogP contribution in [0.3, 0.4) is 0 Å². The van der Waals surface area contributed by atoms with Crippen LogP contribution < -0.4 is 0 Å². The first-order valence-electron chi connectivity index (χ1n) is 6.76. The second kappa shape index (κ2) is 7.09. The Morgan fingerprint density at radius 3 is 2.06 bits per heavy atom. The van der Waals surface area contributed by atoms with Gasteiger partial charge in [-0.3, -0.25) is 4.79 Å². The Hall–Kier alpha value is -0.330. The van der Waals surface area contributed by atoms with Crippen LogP contribution in [0.5, 0.6) is 0 Å². The fourth-order valence-corrected chi connectivity index (χ4v) is 2.53. The second-order valence-corrected chi connectivity index (χ2v) is 6.54. The first-order chi connectivity index (χ1) is 7.26. The lowest BCUT2D eigenvalue weighted by atomic mass is 9.81. The number of Topliss-reactive ketones (excluding diaryl/α,β-unsaturated/α-hetero) is 1. The van der Waals surface area contributed by atoms with Crippen LogP contribution in [0, 0.1) is 17.3 Å². The summed E-state index contributed by atoms with van der Waals surface area (Å²) in [4.78, 5) is 11.4. The molecule has 0 saturated carbocycles. The molecule has 0 fully saturated rings. The third-order valence-corrected chi connectivity index (χ3v) is 3.18. The van der Waals surface area contributed by atoms with Crippen LogP contribution >= 0.6 is 0 Å². The summed E-state index contributed by atoms with van der Waals surface area (Å²) in [6.07, 6.45) is 5.72. The van der Waals surface area contributed by atoms with Crippen LogP contribution in [-0.2, 0) is 4.79 Å². The SMILES string of the molecule is CCCC(CCC(C)CC(C)(C)C)C(C)=O. The van der Waals surface area contributed by atoms with Gasteiger partial charge in [0.2, 0.25) is 0 Å². The lowest BCUT2D eigenvalue weighted by Crippen LogP contribution is -2.15. The zero-order valence-corrected chi connectivity index (χ0v) is 12.1. The molecule has 2 atom stereocenters. The van der Waals surface area contributed by atoms with Gasteiger partial charge in [0.25, 0.3) is 0 Å². The van der Waals surface area contributed by atoms with E-state index in [0.29, 0.717) is 17.1 Å². The molecule has 0 radical (unpaired) electrons. The Bertz CT molecular complexity index is 200. The van der Waals surface area contributed by atoms with E-state index < -0.39 is 0 Å². The van der Waals surface area contributed by atoms with E-state index >= 15 is 0 Å². The van der Waals surface area contributed by atoms with Crippen molar-refractivity contribution >= 4 is 5.78 Å². The molecule has 1 nitrogen and oxygen atoms in total. The van der Waals surface area contributed by atoms with Gasteiger partial charge >= 0.3 is 0 Å². The number of hydrogen-bond donors (Lipinski definition) is 0. The van der Waals surface area contributed by atoms with Crippen LogP contribution in [0.15, 0.2) is 0 Å². The molecular weight excluding hydrogens is 196 g/mol. The minimum Gasteiger partial charge on any atom is -0.300 e. The Balaban J connectivity index is 3.96. The van der Waals surface area contributed by atoms with Gasteiger partial charge in [-0.15, -0.1) is 0 Å². The number of carbonyl (C=O) groups is 1. The number of hydrogen-bond acceptors (Lipinski definition) is 1. The molecule has 2 unspecified atom stereocenters. The van der Waals surface area contributed by atoms with Gasteiger partial charge in [-0.05, 0) is 37.5 Å². The van der Waals surface area contributed by atoms with Crippen molar-refractivity contribution in [3.8, 4) is 0 Å². The lowest BCUT2D eigenvalue weighted by Gasteiger charge is -2.24. The van der Waals surface area contributed by atoms with Crippen molar-refractivity contribution in [3.63, 3.8) is 0 Å². The normalized spacial score (nSPS) is 15.9. The van der Waals surface area contributed by atoms with Crippen LogP contribution in [-0.4, -0.2) is 5.78 Å². The van der Waals surface area contributed by atoms with Gasteiger partial charge in [-0.1, -0.05) is 47.5 Å². The summed E-state index contributed by atoms with van der Waals surface area (Å²) in [5.41, 5.74) is 0.413. The van der Waals surface area contributed by atoms with E-state index in [9.17, 15) is 4.79 Å². The highest BCUT2D eigenvalue weighted by Crippen LogP contribution is 2.28. The van der Waals surface area contributed by atoms with E-state index in [2.05, 4.69) is 34.6 Å². The van der Waals surface area contributed by atoms with Gasteiger partial charge in [0, 0.05) is 5.92 Å². The van der Waals surface area contributed by atoms with Crippen LogP contribution in [0.1, 0.15) is 73.6 Å². The monoisotopic (exact) mass is 226 g/mol. The Morgan fingerprint density at radius 1 is 1.12 bits per heavy atom. The van der Waals surface area contributed by atoms with Crippen molar-refractivity contribution in [2.24, 2.45) is 17.3 Å². The summed E-state index contributed by atoms with van der Waals surface area (Å²) in [6, 6.07) is 0. The van der Waals surface area contributed by atoms with E-state index in [0.717, 1.165) is 25.2 Å². The molecule has 0 saturated heterocycles. The van der Waals surface area contributed by atoms with Gasteiger partial charge in [-0.25, -0.2) is 0 Å². The quantitative estimate of drug-likeness (QED) is 0.607. The van der Waals surface area contributed by atoms with Gasteiger partial charge in [0.15, 0.2) is 0 Å². The molecule has 0 spiro atoms. The summed E-state index contributed by atoms with van der Waals surface area (Å²) in [6.45, 7) is 13.1. The molecule has 0 aliphatic carbocycles. The van der Waals surface area contributed by atoms with Crippen molar-refractivity contribution < 1.29 is 4.79 Å². The maximum absolute atomic E-state index is 11.4. The first-order valence-corrected chi connectivity index (χ1v) is 6.76. The minimum absolute atomic E-state index is 0.312. The zero-order chi connectivity index (χ0) is 12.8. The third kappa shape index (κ3) is 7.90. The molecule has 16 heavy (non-hydrogen) atoms. The number of ketones is 1. The fourth-order valence-electron chi connectivity index (χ4n) is 2.53. The summed E-state index contributed by atoms with van der Waals surface area (Å²) in [5, 5.41) is 0. The summed E-state index contributed by atoms with van der Waals surface area (Å²) >= 11 is 0. The van der Waals surface area contributed by atoms with E-state index in [4.69, 9.17) is 0 Å². The molecule has 1 heteroatoms. The lowest BCUT2D eigenvalue weighted by molar-refractivity contribution is -0.121. The zero-order valence-electron chi connectivity index (χ0n) is 12.1. The van der Waals surface area contributed by atoms with Crippen molar-refractivity contribution in [2.45, 2.75) is 73.6 Å². The number of rotatable bonds is 7. The maximum atomic E-state index is 11.4. The Kier molecular flexibility index (Phi) is 6.94. The van der Waals surface area contributed by atoms with E-state index in [1.807, 2.05) is 0 Å². The van der Waals surface area contributed by atoms with Crippen LogP contribution in [0.4, 0.5) is 0 Å². The van der Waals surface area contributed by atoms with Gasteiger partial charge in [0.1, 0.15) is 5.78 Å². The fraction of sp³-hybridized carbons (Fsp3) is 0.933. The highest BCUT2D eigenvalue weighted by atomic mass is 16.1. The molecule has 0 aliphatic rings. The van der Waals surface area contributed by atoms with E-state index in [-0.39, 0.29) is 0 Å². The van der Waals surface area contributed by atoms with Gasteiger partial charge < -0.3 is 0 Å². The molecule has 0 N–H and O–H groups in total. The van der Waals surface area contributed by atoms with Gasteiger partial charge in [-0.2, -0.15) is 0 Å². The molecule has 0 amide bonds. The summed E-state index contributed by atoms with van der Waals surface area (Å²) in [7, 11) is 0. The molecule has 0 bridgehead atoms. The largest absolute Gasteiger partial charge is 0.300 e. The first kappa shape index (κ1) is 15.7. The van der Waals surface area contributed by atoms with E-state index in [1.165, 1.54) is 12.8 Å². The Morgan fingerprint density at radius 2 is 1.69 bits per heavy atom. The standard InChI is InChI=1S/C15H30O/c1-7-8-14(13(3)16)10-9-12(2)11-15(4,5)6/h12,14H,7-11H2,1-6H3. The topological polar surface area (TPSA) is 17.1 Å². The predicted molar refractivity (Wildman–Crippen MR) is 71.5 cm³/mol. The van der Waals surface area contributed by atoms with Crippen molar-refractivity contribution in [3.05, 3.63) is 0 Å².